The quantitative estimate of drug-likeness (QED) is 0.339. The van der Waals surface area contributed by atoms with Crippen molar-refractivity contribution in [1.82, 2.24) is 19.7 Å². The molecule has 32 heavy (non-hydrogen) atoms. The van der Waals surface area contributed by atoms with E-state index in [1.165, 1.54) is 32.1 Å². The number of para-hydroxylation sites is 1. The van der Waals surface area contributed by atoms with Gasteiger partial charge in [-0.15, -0.1) is 0 Å². The number of fused-ring (bicyclic) bond motifs is 1. The van der Waals surface area contributed by atoms with Crippen molar-refractivity contribution >= 4 is 40.1 Å². The summed E-state index contributed by atoms with van der Waals surface area (Å²) in [6.45, 7) is 2.25. The summed E-state index contributed by atoms with van der Waals surface area (Å²) < 4.78 is 1.86. The van der Waals surface area contributed by atoms with E-state index < -0.39 is 0 Å². The fourth-order valence-corrected chi connectivity index (χ4v) is 4.98. The third kappa shape index (κ3) is 4.07. The van der Waals surface area contributed by atoms with Crippen LogP contribution in [0.4, 0.5) is 5.82 Å². The second-order valence-corrected chi connectivity index (χ2v) is 9.31. The Bertz CT molecular complexity index is 1230. The molecule has 1 aliphatic carbocycles. The van der Waals surface area contributed by atoms with E-state index in [-0.39, 0.29) is 0 Å². The van der Waals surface area contributed by atoms with E-state index in [9.17, 15) is 0 Å². The van der Waals surface area contributed by atoms with Gasteiger partial charge < -0.3 is 5.32 Å². The first-order valence-corrected chi connectivity index (χ1v) is 11.9. The van der Waals surface area contributed by atoms with Crippen LogP contribution in [0.1, 0.15) is 39.0 Å². The van der Waals surface area contributed by atoms with Crippen molar-refractivity contribution in [2.75, 3.05) is 5.32 Å². The van der Waals surface area contributed by atoms with E-state index >= 15 is 0 Å². The molecular weight excluding hydrogens is 441 g/mol. The second-order valence-electron chi connectivity index (χ2n) is 8.47. The van der Waals surface area contributed by atoms with Crippen LogP contribution in [0.15, 0.2) is 54.9 Å². The van der Waals surface area contributed by atoms with Crippen LogP contribution >= 0.6 is 23.2 Å². The lowest BCUT2D eigenvalue weighted by atomic mass is 9.84. The largest absolute Gasteiger partial charge is 0.365 e. The summed E-state index contributed by atoms with van der Waals surface area (Å²) in [6, 6.07) is 15.7. The van der Waals surface area contributed by atoms with E-state index in [0.29, 0.717) is 22.0 Å². The molecule has 7 heteroatoms. The Hall–Kier alpha value is -2.63. The summed E-state index contributed by atoms with van der Waals surface area (Å²) in [5.41, 5.74) is 4.13. The molecule has 2 aromatic heterocycles. The van der Waals surface area contributed by atoms with Gasteiger partial charge in [-0.1, -0.05) is 66.7 Å². The van der Waals surface area contributed by atoms with Crippen molar-refractivity contribution in [2.24, 2.45) is 5.92 Å². The summed E-state index contributed by atoms with van der Waals surface area (Å²) >= 11 is 12.7. The molecule has 0 bridgehead atoms. The van der Waals surface area contributed by atoms with Crippen LogP contribution in [0.25, 0.3) is 28.0 Å². The molecule has 5 nitrogen and oxygen atoms in total. The first-order chi connectivity index (χ1) is 15.6. The fourth-order valence-electron chi connectivity index (χ4n) is 4.63. The highest BCUT2D eigenvalue weighted by Crippen LogP contribution is 2.35. The molecule has 0 saturated heterocycles. The SMILES string of the molecule is CC(Nc1ncnc2c(-c3ccc(Cl)cc3)n(-c3ccccc3Cl)nc12)C1CCCCC1. The van der Waals surface area contributed by atoms with Crippen molar-refractivity contribution in [1.29, 1.82) is 0 Å². The Morgan fingerprint density at radius 2 is 1.69 bits per heavy atom. The molecule has 0 amide bonds. The number of rotatable bonds is 5. The van der Waals surface area contributed by atoms with Crippen LogP contribution in [-0.2, 0) is 0 Å². The third-order valence-electron chi connectivity index (χ3n) is 6.38. The zero-order chi connectivity index (χ0) is 22.1. The van der Waals surface area contributed by atoms with Gasteiger partial charge in [-0.25, -0.2) is 14.6 Å². The average molecular weight is 466 g/mol. The average Bonchev–Trinajstić information content (AvgIpc) is 3.21. The predicted molar refractivity (Wildman–Crippen MR) is 132 cm³/mol. The van der Waals surface area contributed by atoms with Crippen LogP contribution in [0.5, 0.6) is 0 Å². The van der Waals surface area contributed by atoms with Crippen molar-refractivity contribution in [3.8, 4) is 16.9 Å². The molecule has 1 atom stereocenters. The van der Waals surface area contributed by atoms with Crippen LogP contribution in [0.3, 0.4) is 0 Å². The summed E-state index contributed by atoms with van der Waals surface area (Å²) in [7, 11) is 0. The zero-order valence-corrected chi connectivity index (χ0v) is 19.4. The van der Waals surface area contributed by atoms with Crippen LogP contribution in [-0.4, -0.2) is 25.8 Å². The van der Waals surface area contributed by atoms with Crippen molar-refractivity contribution in [2.45, 2.75) is 45.1 Å². The lowest BCUT2D eigenvalue weighted by Gasteiger charge is -2.28. The van der Waals surface area contributed by atoms with E-state index in [2.05, 4.69) is 22.2 Å². The number of anilines is 1. The van der Waals surface area contributed by atoms with Crippen LogP contribution in [0.2, 0.25) is 10.0 Å². The molecule has 0 aliphatic heterocycles. The Kier molecular flexibility index (Phi) is 6.03. The van der Waals surface area contributed by atoms with E-state index in [0.717, 1.165) is 33.8 Å². The fraction of sp³-hybridized carbons (Fsp3) is 0.320. The van der Waals surface area contributed by atoms with Gasteiger partial charge in [-0.2, -0.15) is 5.10 Å². The normalized spacial score (nSPS) is 15.7. The Labute approximate surface area is 197 Å². The van der Waals surface area contributed by atoms with Gasteiger partial charge in [0.05, 0.1) is 10.7 Å². The van der Waals surface area contributed by atoms with E-state index in [1.54, 1.807) is 6.33 Å². The Morgan fingerprint density at radius 1 is 0.938 bits per heavy atom. The first-order valence-electron chi connectivity index (χ1n) is 11.1. The van der Waals surface area contributed by atoms with E-state index in [4.69, 9.17) is 28.3 Å². The lowest BCUT2D eigenvalue weighted by Crippen LogP contribution is -2.28. The maximum Gasteiger partial charge on any atom is 0.158 e. The minimum Gasteiger partial charge on any atom is -0.365 e. The molecule has 4 aromatic rings. The minimum atomic E-state index is 0.317. The van der Waals surface area contributed by atoms with Gasteiger partial charge in [0.2, 0.25) is 0 Å². The van der Waals surface area contributed by atoms with Crippen molar-refractivity contribution in [3.63, 3.8) is 0 Å². The molecule has 0 radical (unpaired) electrons. The molecule has 164 valence electrons. The molecule has 1 N–H and O–H groups in total. The highest BCUT2D eigenvalue weighted by molar-refractivity contribution is 6.32. The minimum absolute atomic E-state index is 0.317. The molecule has 2 aromatic carbocycles. The molecule has 5 rings (SSSR count). The topological polar surface area (TPSA) is 55.6 Å². The number of hydrogen-bond donors (Lipinski definition) is 1. The standard InChI is InChI=1S/C25H25Cl2N5/c1-16(17-7-3-2-4-8-17)30-25-23-22(28-15-29-25)24(18-11-13-19(26)14-12-18)32(31-23)21-10-6-5-9-20(21)27/h5-6,9-17H,2-4,7-8H2,1H3,(H,28,29,30). The Balaban J connectivity index is 1.65. The summed E-state index contributed by atoms with van der Waals surface area (Å²) in [5, 5.41) is 9.89. The van der Waals surface area contributed by atoms with E-state index in [1.807, 2.05) is 53.2 Å². The third-order valence-corrected chi connectivity index (χ3v) is 6.95. The number of aromatic nitrogens is 4. The van der Waals surface area contributed by atoms with Crippen LogP contribution in [0, 0.1) is 5.92 Å². The molecular formula is C25H25Cl2N5. The van der Waals surface area contributed by atoms with Gasteiger partial charge >= 0.3 is 0 Å². The van der Waals surface area contributed by atoms with Gasteiger partial charge in [0.15, 0.2) is 11.3 Å². The maximum atomic E-state index is 6.56. The zero-order valence-electron chi connectivity index (χ0n) is 17.9. The van der Waals surface area contributed by atoms with Crippen LogP contribution < -0.4 is 5.32 Å². The predicted octanol–water partition coefficient (Wildman–Crippen LogP) is 7.17. The monoisotopic (exact) mass is 465 g/mol. The molecule has 0 spiro atoms. The second kappa shape index (κ2) is 9.08. The van der Waals surface area contributed by atoms with Gasteiger partial charge in [0.25, 0.3) is 0 Å². The number of nitrogens with zero attached hydrogens (tertiary/aromatic N) is 4. The smallest absolute Gasteiger partial charge is 0.158 e. The molecule has 1 saturated carbocycles. The molecule has 1 aliphatic rings. The number of nitrogens with one attached hydrogen (secondary N) is 1. The highest BCUT2D eigenvalue weighted by Gasteiger charge is 2.24. The first kappa shape index (κ1) is 21.2. The van der Waals surface area contributed by atoms with Gasteiger partial charge in [-0.05, 0) is 49.9 Å². The number of benzene rings is 2. The molecule has 2 heterocycles. The highest BCUT2D eigenvalue weighted by atomic mass is 35.5. The summed E-state index contributed by atoms with van der Waals surface area (Å²) in [4.78, 5) is 9.19. The van der Waals surface area contributed by atoms with Gasteiger partial charge in [0, 0.05) is 16.6 Å². The summed E-state index contributed by atoms with van der Waals surface area (Å²) in [6.07, 6.45) is 8.07. The maximum absolute atomic E-state index is 6.56. The number of halogens is 2. The van der Waals surface area contributed by atoms with Gasteiger partial charge in [-0.3, -0.25) is 0 Å². The van der Waals surface area contributed by atoms with Crippen molar-refractivity contribution in [3.05, 3.63) is 64.9 Å². The molecule has 1 fully saturated rings. The summed E-state index contributed by atoms with van der Waals surface area (Å²) in [5.74, 6) is 1.41. The van der Waals surface area contributed by atoms with Crippen molar-refractivity contribution < 1.29 is 0 Å². The van der Waals surface area contributed by atoms with Gasteiger partial charge in [0.1, 0.15) is 17.5 Å². The Morgan fingerprint density at radius 3 is 2.44 bits per heavy atom. The lowest BCUT2D eigenvalue weighted by molar-refractivity contribution is 0.328. The number of hydrogen-bond acceptors (Lipinski definition) is 4. The molecule has 1 unspecified atom stereocenters.